The van der Waals surface area contributed by atoms with Gasteiger partial charge in [-0.05, 0) is 40.4 Å². The van der Waals surface area contributed by atoms with Crippen molar-refractivity contribution in [2.24, 2.45) is 0 Å². The van der Waals surface area contributed by atoms with Crippen molar-refractivity contribution in [2.75, 3.05) is 11.9 Å². The first-order chi connectivity index (χ1) is 7.56. The van der Waals surface area contributed by atoms with Crippen LogP contribution >= 0.6 is 27.5 Å². The van der Waals surface area contributed by atoms with Gasteiger partial charge in [0.05, 0.1) is 16.6 Å². The SMILES string of the molecule is CCC(CC)(CO)Nc1nc(Cl)ncc1Br. The highest BCUT2D eigenvalue weighted by molar-refractivity contribution is 9.10. The van der Waals surface area contributed by atoms with Crippen molar-refractivity contribution in [1.82, 2.24) is 9.97 Å². The van der Waals surface area contributed by atoms with Gasteiger partial charge >= 0.3 is 0 Å². The molecule has 0 aliphatic rings. The minimum absolute atomic E-state index is 0.0497. The Morgan fingerprint density at radius 3 is 2.62 bits per heavy atom. The number of anilines is 1. The van der Waals surface area contributed by atoms with Gasteiger partial charge in [0.25, 0.3) is 0 Å². The summed E-state index contributed by atoms with van der Waals surface area (Å²) < 4.78 is 0.733. The van der Waals surface area contributed by atoms with E-state index >= 15 is 0 Å². The predicted octanol–water partition coefficient (Wildman–Crippen LogP) is 2.86. The second kappa shape index (κ2) is 5.80. The Labute approximate surface area is 109 Å². The topological polar surface area (TPSA) is 58.0 Å². The van der Waals surface area contributed by atoms with Crippen LogP contribution in [0.25, 0.3) is 0 Å². The number of nitrogens with one attached hydrogen (secondary N) is 1. The Balaban J connectivity index is 2.97. The molecular weight excluding hydrogens is 293 g/mol. The van der Waals surface area contributed by atoms with Gasteiger partial charge in [0.15, 0.2) is 0 Å². The van der Waals surface area contributed by atoms with Crippen molar-refractivity contribution in [3.8, 4) is 0 Å². The van der Waals surface area contributed by atoms with Gasteiger partial charge in [-0.15, -0.1) is 0 Å². The Morgan fingerprint density at radius 2 is 2.12 bits per heavy atom. The molecule has 0 fully saturated rings. The highest BCUT2D eigenvalue weighted by Crippen LogP contribution is 2.26. The summed E-state index contributed by atoms with van der Waals surface area (Å²) >= 11 is 9.07. The molecule has 1 aromatic heterocycles. The molecule has 0 saturated heterocycles. The maximum Gasteiger partial charge on any atom is 0.224 e. The Bertz CT molecular complexity index is 350. The molecule has 0 unspecified atom stereocenters. The lowest BCUT2D eigenvalue weighted by atomic mass is 9.94. The third-order valence-electron chi connectivity index (χ3n) is 2.75. The van der Waals surface area contributed by atoms with E-state index in [-0.39, 0.29) is 17.4 Å². The molecule has 0 radical (unpaired) electrons. The van der Waals surface area contributed by atoms with Crippen molar-refractivity contribution in [3.63, 3.8) is 0 Å². The van der Waals surface area contributed by atoms with Crippen LogP contribution in [0.1, 0.15) is 26.7 Å². The Kier molecular flexibility index (Phi) is 4.95. The van der Waals surface area contributed by atoms with E-state index < -0.39 is 0 Å². The molecule has 90 valence electrons. The normalized spacial score (nSPS) is 11.6. The minimum atomic E-state index is -0.361. The fourth-order valence-electron chi connectivity index (χ4n) is 1.37. The summed E-state index contributed by atoms with van der Waals surface area (Å²) in [6, 6.07) is 0. The fourth-order valence-corrected chi connectivity index (χ4v) is 1.80. The average molecular weight is 309 g/mol. The fraction of sp³-hybridized carbons (Fsp3) is 0.600. The summed E-state index contributed by atoms with van der Waals surface area (Å²) in [5, 5.41) is 12.8. The lowest BCUT2D eigenvalue weighted by Crippen LogP contribution is -2.41. The minimum Gasteiger partial charge on any atom is -0.394 e. The van der Waals surface area contributed by atoms with E-state index in [1.54, 1.807) is 6.20 Å². The lowest BCUT2D eigenvalue weighted by molar-refractivity contribution is 0.202. The lowest BCUT2D eigenvalue weighted by Gasteiger charge is -2.31. The van der Waals surface area contributed by atoms with E-state index in [9.17, 15) is 5.11 Å². The summed E-state index contributed by atoms with van der Waals surface area (Å²) in [5.74, 6) is 0.609. The second-order valence-electron chi connectivity index (χ2n) is 3.61. The van der Waals surface area contributed by atoms with Gasteiger partial charge in [-0.3, -0.25) is 0 Å². The zero-order valence-electron chi connectivity index (χ0n) is 9.30. The molecular formula is C10H15BrClN3O. The summed E-state index contributed by atoms with van der Waals surface area (Å²) in [5.41, 5.74) is -0.361. The molecule has 1 rings (SSSR count). The molecule has 1 heterocycles. The molecule has 0 atom stereocenters. The molecule has 2 N–H and O–H groups in total. The smallest absolute Gasteiger partial charge is 0.224 e. The van der Waals surface area contributed by atoms with Gasteiger partial charge in [0.1, 0.15) is 5.82 Å². The van der Waals surface area contributed by atoms with E-state index in [1.165, 1.54) is 0 Å². The van der Waals surface area contributed by atoms with Crippen LogP contribution in [0.15, 0.2) is 10.7 Å². The highest BCUT2D eigenvalue weighted by atomic mass is 79.9. The first-order valence-electron chi connectivity index (χ1n) is 5.14. The average Bonchev–Trinajstić information content (AvgIpc) is 2.31. The van der Waals surface area contributed by atoms with E-state index in [4.69, 9.17) is 11.6 Å². The van der Waals surface area contributed by atoms with Crippen LogP contribution in [0, 0.1) is 0 Å². The first kappa shape index (κ1) is 13.7. The molecule has 0 bridgehead atoms. The number of hydrogen-bond acceptors (Lipinski definition) is 4. The second-order valence-corrected chi connectivity index (χ2v) is 4.80. The van der Waals surface area contributed by atoms with Crippen LogP contribution in [0.5, 0.6) is 0 Å². The summed E-state index contributed by atoms with van der Waals surface area (Å²) in [6.07, 6.45) is 3.19. The van der Waals surface area contributed by atoms with E-state index in [1.807, 2.05) is 13.8 Å². The predicted molar refractivity (Wildman–Crippen MR) is 68.8 cm³/mol. The first-order valence-corrected chi connectivity index (χ1v) is 6.31. The molecule has 0 saturated carbocycles. The zero-order chi connectivity index (χ0) is 12.2. The summed E-state index contributed by atoms with van der Waals surface area (Å²) in [7, 11) is 0. The summed E-state index contributed by atoms with van der Waals surface area (Å²) in [6.45, 7) is 4.08. The van der Waals surface area contributed by atoms with Gasteiger partial charge in [0.2, 0.25) is 5.28 Å². The van der Waals surface area contributed by atoms with Crippen LogP contribution in [-0.4, -0.2) is 27.2 Å². The largest absolute Gasteiger partial charge is 0.394 e. The van der Waals surface area contributed by atoms with Gasteiger partial charge in [0, 0.05) is 6.20 Å². The zero-order valence-corrected chi connectivity index (χ0v) is 11.6. The molecule has 0 amide bonds. The van der Waals surface area contributed by atoms with Crippen molar-refractivity contribution in [3.05, 3.63) is 16.0 Å². The number of aliphatic hydroxyl groups is 1. The van der Waals surface area contributed by atoms with Crippen LogP contribution in [0.2, 0.25) is 5.28 Å². The highest BCUT2D eigenvalue weighted by Gasteiger charge is 2.26. The van der Waals surface area contributed by atoms with Gasteiger partial charge in [-0.2, -0.15) is 4.98 Å². The van der Waals surface area contributed by atoms with Crippen LogP contribution in [0.4, 0.5) is 5.82 Å². The number of aliphatic hydroxyl groups excluding tert-OH is 1. The van der Waals surface area contributed by atoms with E-state index in [0.717, 1.165) is 17.3 Å². The monoisotopic (exact) mass is 307 g/mol. The number of aromatic nitrogens is 2. The van der Waals surface area contributed by atoms with Gasteiger partial charge < -0.3 is 10.4 Å². The standard InChI is InChI=1S/C10H15BrClN3O/c1-3-10(4-2,6-16)15-8-7(11)5-13-9(12)14-8/h5,16H,3-4,6H2,1-2H3,(H,13,14,15). The quantitative estimate of drug-likeness (QED) is 0.821. The van der Waals surface area contributed by atoms with Crippen LogP contribution in [0.3, 0.4) is 0 Å². The van der Waals surface area contributed by atoms with Crippen LogP contribution < -0.4 is 5.32 Å². The van der Waals surface area contributed by atoms with E-state index in [0.29, 0.717) is 5.82 Å². The molecule has 0 aliphatic heterocycles. The third-order valence-corrected chi connectivity index (χ3v) is 3.52. The van der Waals surface area contributed by atoms with Gasteiger partial charge in [-0.25, -0.2) is 4.98 Å². The number of rotatable bonds is 5. The van der Waals surface area contributed by atoms with E-state index in [2.05, 4.69) is 31.2 Å². The molecule has 6 heteroatoms. The number of halogens is 2. The Hall–Kier alpha value is -0.390. The molecule has 1 aromatic rings. The molecule has 0 aliphatic carbocycles. The molecule has 4 nitrogen and oxygen atoms in total. The van der Waals surface area contributed by atoms with Crippen LogP contribution in [-0.2, 0) is 0 Å². The third kappa shape index (κ3) is 3.06. The van der Waals surface area contributed by atoms with Crippen molar-refractivity contribution >= 4 is 33.3 Å². The number of nitrogens with zero attached hydrogens (tertiary/aromatic N) is 2. The molecule has 0 aromatic carbocycles. The van der Waals surface area contributed by atoms with Crippen molar-refractivity contribution < 1.29 is 5.11 Å². The molecule has 0 spiro atoms. The maximum atomic E-state index is 9.44. The number of hydrogen-bond donors (Lipinski definition) is 2. The van der Waals surface area contributed by atoms with Crippen molar-refractivity contribution in [2.45, 2.75) is 32.2 Å². The molecule has 16 heavy (non-hydrogen) atoms. The van der Waals surface area contributed by atoms with Gasteiger partial charge in [-0.1, -0.05) is 13.8 Å². The summed E-state index contributed by atoms with van der Waals surface area (Å²) in [4.78, 5) is 7.94. The van der Waals surface area contributed by atoms with Crippen molar-refractivity contribution in [1.29, 1.82) is 0 Å². The maximum absolute atomic E-state index is 9.44. The Morgan fingerprint density at radius 1 is 1.50 bits per heavy atom.